The molecule has 2 aliphatic rings. The Kier molecular flexibility index (Phi) is 4.64. The van der Waals surface area contributed by atoms with Crippen molar-refractivity contribution in [3.8, 4) is 11.1 Å². The number of hydrogen-bond acceptors (Lipinski definition) is 5. The molecule has 4 aromatic rings. The molecule has 2 aromatic heterocycles. The first-order valence-corrected chi connectivity index (χ1v) is 11.1. The molecule has 0 unspecified atom stereocenters. The number of benzene rings is 2. The second-order valence-corrected chi connectivity index (χ2v) is 8.77. The number of aromatic amines is 1. The first kappa shape index (κ1) is 19.6. The number of likely N-dealkylation sites (tertiary alicyclic amines) is 2. The second-order valence-electron chi connectivity index (χ2n) is 8.77. The van der Waals surface area contributed by atoms with E-state index in [1.807, 2.05) is 46.2 Å². The summed E-state index contributed by atoms with van der Waals surface area (Å²) in [6.07, 6.45) is 1.76. The lowest BCUT2D eigenvalue weighted by molar-refractivity contribution is 0.0735. The highest BCUT2D eigenvalue weighted by Crippen LogP contribution is 2.33. The summed E-state index contributed by atoms with van der Waals surface area (Å²) < 4.78 is 0. The molecule has 2 aliphatic heterocycles. The zero-order chi connectivity index (χ0) is 22.4. The molecule has 0 bridgehead atoms. The van der Waals surface area contributed by atoms with Crippen LogP contribution in [0.1, 0.15) is 20.8 Å². The molecule has 0 saturated carbocycles. The number of hydrogen-bond donors (Lipinski definition) is 1. The maximum atomic E-state index is 13.0. The van der Waals surface area contributed by atoms with Crippen LogP contribution in [-0.2, 0) is 0 Å². The van der Waals surface area contributed by atoms with E-state index in [9.17, 15) is 9.59 Å². The number of fused-ring (bicyclic) bond motifs is 2. The third-order valence-corrected chi connectivity index (χ3v) is 6.71. The highest BCUT2D eigenvalue weighted by atomic mass is 16.2. The summed E-state index contributed by atoms with van der Waals surface area (Å²) in [7, 11) is 0. The molecule has 4 heterocycles. The molecule has 33 heavy (non-hydrogen) atoms. The molecule has 164 valence electrons. The van der Waals surface area contributed by atoms with Crippen molar-refractivity contribution in [1.82, 2.24) is 30.2 Å². The van der Waals surface area contributed by atoms with Gasteiger partial charge < -0.3 is 9.80 Å². The number of rotatable bonds is 3. The lowest BCUT2D eigenvalue weighted by Gasteiger charge is -2.22. The molecule has 0 aliphatic carbocycles. The van der Waals surface area contributed by atoms with Crippen LogP contribution in [0.15, 0.2) is 66.9 Å². The predicted octanol–water partition coefficient (Wildman–Crippen LogP) is 2.86. The maximum Gasteiger partial charge on any atom is 0.272 e. The van der Waals surface area contributed by atoms with Crippen molar-refractivity contribution >= 4 is 22.8 Å². The molecule has 8 heteroatoms. The van der Waals surface area contributed by atoms with Crippen molar-refractivity contribution in [3.63, 3.8) is 0 Å². The van der Waals surface area contributed by atoms with Gasteiger partial charge in [0.1, 0.15) is 16.7 Å². The zero-order valence-corrected chi connectivity index (χ0v) is 17.9. The lowest BCUT2D eigenvalue weighted by atomic mass is 10.0. The quantitative estimate of drug-likeness (QED) is 0.531. The summed E-state index contributed by atoms with van der Waals surface area (Å²) in [6.45, 7) is 2.62. The Bertz CT molecular complexity index is 1320. The van der Waals surface area contributed by atoms with Crippen LogP contribution in [0, 0.1) is 11.8 Å². The van der Waals surface area contributed by atoms with Crippen molar-refractivity contribution in [1.29, 1.82) is 0 Å². The highest BCUT2D eigenvalue weighted by molar-refractivity contribution is 5.97. The topological polar surface area (TPSA) is 95.1 Å². The summed E-state index contributed by atoms with van der Waals surface area (Å²) in [5.41, 5.74) is 4.57. The highest BCUT2D eigenvalue weighted by Gasteiger charge is 2.43. The van der Waals surface area contributed by atoms with Gasteiger partial charge >= 0.3 is 0 Å². The van der Waals surface area contributed by atoms with Gasteiger partial charge in [0.25, 0.3) is 11.8 Å². The maximum absolute atomic E-state index is 13.0. The van der Waals surface area contributed by atoms with Crippen molar-refractivity contribution in [3.05, 3.63) is 78.1 Å². The fraction of sp³-hybridized carbons (Fsp3) is 0.240. The number of carbonyl (C=O) groups excluding carboxylic acids is 2. The van der Waals surface area contributed by atoms with Crippen LogP contribution in [0.3, 0.4) is 0 Å². The van der Waals surface area contributed by atoms with E-state index in [1.54, 1.807) is 30.5 Å². The smallest absolute Gasteiger partial charge is 0.272 e. The molecule has 8 nitrogen and oxygen atoms in total. The Labute approximate surface area is 190 Å². The van der Waals surface area contributed by atoms with E-state index in [-0.39, 0.29) is 23.7 Å². The zero-order valence-electron chi connectivity index (χ0n) is 17.9. The lowest BCUT2D eigenvalue weighted by Crippen LogP contribution is -2.35. The van der Waals surface area contributed by atoms with Gasteiger partial charge in [-0.3, -0.25) is 14.6 Å². The van der Waals surface area contributed by atoms with Crippen LogP contribution >= 0.6 is 0 Å². The van der Waals surface area contributed by atoms with E-state index in [2.05, 4.69) is 20.4 Å². The molecule has 2 saturated heterocycles. The molecule has 0 spiro atoms. The van der Waals surface area contributed by atoms with E-state index < -0.39 is 0 Å². The molecular weight excluding hydrogens is 416 g/mol. The van der Waals surface area contributed by atoms with E-state index in [1.165, 1.54) is 0 Å². The van der Waals surface area contributed by atoms with Crippen LogP contribution < -0.4 is 0 Å². The number of nitrogens with one attached hydrogen (secondary N) is 1. The average molecular weight is 438 g/mol. The number of aromatic nitrogens is 4. The normalized spacial score (nSPS) is 19.8. The summed E-state index contributed by atoms with van der Waals surface area (Å²) >= 11 is 0. The van der Waals surface area contributed by atoms with Crippen molar-refractivity contribution < 1.29 is 9.59 Å². The molecule has 1 N–H and O–H groups in total. The summed E-state index contributed by atoms with van der Waals surface area (Å²) in [4.78, 5) is 34.2. The van der Waals surface area contributed by atoms with Gasteiger partial charge in [0.15, 0.2) is 0 Å². The second kappa shape index (κ2) is 7.81. The van der Waals surface area contributed by atoms with E-state index in [0.717, 1.165) is 16.6 Å². The predicted molar refractivity (Wildman–Crippen MR) is 122 cm³/mol. The molecule has 6 rings (SSSR count). The first-order valence-electron chi connectivity index (χ1n) is 11.1. The monoisotopic (exact) mass is 438 g/mol. The Hall–Kier alpha value is -4.07. The number of amides is 2. The number of pyridine rings is 1. The van der Waals surface area contributed by atoms with Gasteiger partial charge in [0.05, 0.1) is 0 Å². The number of nitrogens with zero attached hydrogens (tertiary/aromatic N) is 5. The van der Waals surface area contributed by atoms with Crippen molar-refractivity contribution in [2.45, 2.75) is 0 Å². The van der Waals surface area contributed by atoms with Gasteiger partial charge in [-0.15, -0.1) is 0 Å². The van der Waals surface area contributed by atoms with Gasteiger partial charge in [-0.1, -0.05) is 36.4 Å². The summed E-state index contributed by atoms with van der Waals surface area (Å²) in [5.74, 6) is 0.540. The van der Waals surface area contributed by atoms with Crippen LogP contribution in [0.5, 0.6) is 0 Å². The van der Waals surface area contributed by atoms with E-state index >= 15 is 0 Å². The SMILES string of the molecule is O=C(c1ccc2n[nH]nc2c1)N1C[C@@H]2CN(C(=O)c3ccc(-c4ccccc4)cn3)C[C@H]2C1. The Morgan fingerprint density at radius 1 is 0.758 bits per heavy atom. The minimum absolute atomic E-state index is 0.00495. The van der Waals surface area contributed by atoms with Crippen molar-refractivity contribution in [2.24, 2.45) is 11.8 Å². The molecular formula is C25H22N6O2. The average Bonchev–Trinajstić information content (AvgIpc) is 3.58. The minimum Gasteiger partial charge on any atom is -0.338 e. The summed E-state index contributed by atoms with van der Waals surface area (Å²) in [6, 6.07) is 19.1. The third kappa shape index (κ3) is 3.53. The standard InChI is InChI=1S/C25H22N6O2/c32-24(17-6-8-21-23(10-17)28-29-27-21)30-12-19-14-31(15-20(19)13-30)25(33)22-9-7-18(11-26-22)16-4-2-1-3-5-16/h1-11,19-20H,12-15H2,(H,27,28,29)/t19-,20-/m1/s1. The molecule has 2 aromatic carbocycles. The molecule has 2 fully saturated rings. The summed E-state index contributed by atoms with van der Waals surface area (Å²) in [5, 5.41) is 10.7. The minimum atomic E-state index is -0.0432. The third-order valence-electron chi connectivity index (χ3n) is 6.71. The van der Waals surface area contributed by atoms with E-state index in [0.29, 0.717) is 43.0 Å². The van der Waals surface area contributed by atoms with Crippen molar-refractivity contribution in [2.75, 3.05) is 26.2 Å². The van der Waals surface area contributed by atoms with Crippen LogP contribution in [-0.4, -0.2) is 68.2 Å². The van der Waals surface area contributed by atoms with Gasteiger partial charge in [0, 0.05) is 55.3 Å². The Morgan fingerprint density at radius 2 is 1.45 bits per heavy atom. The number of H-pyrrole nitrogens is 1. The fourth-order valence-corrected chi connectivity index (χ4v) is 4.96. The molecule has 2 atom stereocenters. The molecule has 0 radical (unpaired) electrons. The first-order chi connectivity index (χ1) is 16.2. The van der Waals surface area contributed by atoms with E-state index in [4.69, 9.17) is 0 Å². The number of carbonyl (C=O) groups is 2. The Morgan fingerprint density at radius 3 is 2.15 bits per heavy atom. The molecule has 2 amide bonds. The fourth-order valence-electron chi connectivity index (χ4n) is 4.96. The van der Waals surface area contributed by atoms with Gasteiger partial charge in [-0.25, -0.2) is 0 Å². The van der Waals surface area contributed by atoms with Gasteiger partial charge in [0.2, 0.25) is 0 Å². The van der Waals surface area contributed by atoms with Crippen LogP contribution in [0.4, 0.5) is 0 Å². The van der Waals surface area contributed by atoms with Crippen LogP contribution in [0.2, 0.25) is 0 Å². The largest absolute Gasteiger partial charge is 0.338 e. The Balaban J connectivity index is 1.10. The van der Waals surface area contributed by atoms with Crippen LogP contribution in [0.25, 0.3) is 22.2 Å². The van der Waals surface area contributed by atoms with Gasteiger partial charge in [-0.05, 0) is 29.8 Å². The van der Waals surface area contributed by atoms with Gasteiger partial charge in [-0.2, -0.15) is 15.4 Å².